The third kappa shape index (κ3) is 2.63. The van der Waals surface area contributed by atoms with E-state index in [0.717, 1.165) is 6.42 Å². The molecule has 0 aliphatic heterocycles. The van der Waals surface area contributed by atoms with Crippen LogP contribution in [0, 0.1) is 5.82 Å². The molecule has 20 heavy (non-hydrogen) atoms. The maximum Gasteiger partial charge on any atom is 0.242 e. The fourth-order valence-electron chi connectivity index (χ4n) is 2.03. The number of amides is 1. The third-order valence-electron chi connectivity index (χ3n) is 3.07. The van der Waals surface area contributed by atoms with Gasteiger partial charge in [0.25, 0.3) is 0 Å². The second-order valence-corrected chi connectivity index (χ2v) is 5.42. The van der Waals surface area contributed by atoms with E-state index in [1.165, 1.54) is 10.6 Å². The van der Waals surface area contributed by atoms with Crippen LogP contribution >= 0.6 is 15.9 Å². The van der Waals surface area contributed by atoms with Crippen molar-refractivity contribution in [1.29, 1.82) is 0 Å². The lowest BCUT2D eigenvalue weighted by Gasteiger charge is -2.15. The summed E-state index contributed by atoms with van der Waals surface area (Å²) in [5.41, 5.74) is 6.90. The van der Waals surface area contributed by atoms with Crippen molar-refractivity contribution in [1.82, 2.24) is 14.9 Å². The highest BCUT2D eigenvalue weighted by molar-refractivity contribution is 9.10. The van der Waals surface area contributed by atoms with Crippen LogP contribution in [0.1, 0.15) is 26.3 Å². The minimum absolute atomic E-state index is 0.166. The number of anilines is 1. The van der Waals surface area contributed by atoms with Crippen LogP contribution in [0.15, 0.2) is 16.6 Å². The number of nitrogens with two attached hydrogens (primary N) is 1. The van der Waals surface area contributed by atoms with Crippen LogP contribution in [0.4, 0.5) is 10.3 Å². The molecule has 108 valence electrons. The van der Waals surface area contributed by atoms with E-state index in [0.29, 0.717) is 22.1 Å². The Balaban J connectivity index is 2.45. The normalized spacial score (nSPS) is 12.6. The van der Waals surface area contributed by atoms with Crippen molar-refractivity contribution < 1.29 is 9.18 Å². The number of hydrogen-bond donors (Lipinski definition) is 2. The average molecular weight is 343 g/mol. The number of nitrogen functional groups attached to an aromatic ring is 1. The highest BCUT2D eigenvalue weighted by Crippen LogP contribution is 2.27. The molecular weight excluding hydrogens is 327 g/mol. The first-order valence-electron chi connectivity index (χ1n) is 6.35. The number of hydrogen-bond acceptors (Lipinski definition) is 3. The summed E-state index contributed by atoms with van der Waals surface area (Å²) >= 11 is 3.11. The minimum atomic E-state index is -0.549. The van der Waals surface area contributed by atoms with Gasteiger partial charge in [-0.3, -0.25) is 9.36 Å². The van der Waals surface area contributed by atoms with Crippen molar-refractivity contribution in [2.24, 2.45) is 0 Å². The van der Waals surface area contributed by atoms with E-state index in [-0.39, 0.29) is 11.9 Å². The molecule has 0 fully saturated rings. The van der Waals surface area contributed by atoms with Gasteiger partial charge in [0.15, 0.2) is 0 Å². The maximum absolute atomic E-state index is 13.7. The number of halogens is 2. The Hall–Kier alpha value is -1.63. The number of rotatable bonds is 4. The largest absolute Gasteiger partial charge is 0.369 e. The van der Waals surface area contributed by atoms with Crippen molar-refractivity contribution in [2.75, 3.05) is 12.3 Å². The number of fused-ring (bicyclic) bond motifs is 1. The summed E-state index contributed by atoms with van der Waals surface area (Å²) in [6.45, 7) is 4.27. The van der Waals surface area contributed by atoms with Gasteiger partial charge < -0.3 is 11.1 Å². The molecule has 1 aromatic carbocycles. The zero-order valence-electron chi connectivity index (χ0n) is 11.3. The molecule has 1 atom stereocenters. The van der Waals surface area contributed by atoms with Gasteiger partial charge in [-0.2, -0.15) is 0 Å². The molecular formula is C13H16BrFN4O. The van der Waals surface area contributed by atoms with Gasteiger partial charge in [-0.05, 0) is 35.3 Å². The first-order chi connectivity index (χ1) is 9.45. The topological polar surface area (TPSA) is 72.9 Å². The molecule has 0 saturated carbocycles. The van der Waals surface area contributed by atoms with Gasteiger partial charge in [-0.1, -0.05) is 6.92 Å². The van der Waals surface area contributed by atoms with E-state index in [1.807, 2.05) is 6.92 Å². The SMILES string of the molecule is CCCNC(=O)C(C)n1c(N)nc2cc(Br)c(F)cc21. The van der Waals surface area contributed by atoms with E-state index in [4.69, 9.17) is 5.73 Å². The molecule has 0 spiro atoms. The van der Waals surface area contributed by atoms with Crippen LogP contribution in [0.25, 0.3) is 11.0 Å². The lowest BCUT2D eigenvalue weighted by molar-refractivity contribution is -0.123. The number of carbonyl (C=O) groups excluding carboxylic acids is 1. The van der Waals surface area contributed by atoms with Crippen LogP contribution in [-0.4, -0.2) is 22.0 Å². The molecule has 7 heteroatoms. The fourth-order valence-corrected chi connectivity index (χ4v) is 2.36. The molecule has 1 heterocycles. The van der Waals surface area contributed by atoms with Crippen molar-refractivity contribution in [2.45, 2.75) is 26.3 Å². The predicted molar refractivity (Wildman–Crippen MR) is 79.8 cm³/mol. The van der Waals surface area contributed by atoms with Gasteiger partial charge in [0.1, 0.15) is 11.9 Å². The number of imidazole rings is 1. The summed E-state index contributed by atoms with van der Waals surface area (Å²) < 4.78 is 15.5. The lowest BCUT2D eigenvalue weighted by Crippen LogP contribution is -2.31. The second kappa shape index (κ2) is 5.78. The molecule has 0 aliphatic carbocycles. The summed E-state index contributed by atoms with van der Waals surface area (Å²) in [6.07, 6.45) is 0.847. The zero-order chi connectivity index (χ0) is 14.9. The minimum Gasteiger partial charge on any atom is -0.369 e. The molecule has 2 rings (SSSR count). The van der Waals surface area contributed by atoms with Crippen molar-refractivity contribution in [3.05, 3.63) is 22.4 Å². The second-order valence-electron chi connectivity index (χ2n) is 4.56. The van der Waals surface area contributed by atoms with Crippen molar-refractivity contribution in [3.8, 4) is 0 Å². The van der Waals surface area contributed by atoms with Crippen molar-refractivity contribution in [3.63, 3.8) is 0 Å². The van der Waals surface area contributed by atoms with Gasteiger partial charge in [-0.25, -0.2) is 9.37 Å². The summed E-state index contributed by atoms with van der Waals surface area (Å²) in [4.78, 5) is 16.2. The van der Waals surface area contributed by atoms with Gasteiger partial charge in [0.2, 0.25) is 11.9 Å². The monoisotopic (exact) mass is 342 g/mol. The molecule has 0 bridgehead atoms. The molecule has 2 aromatic rings. The Morgan fingerprint density at radius 2 is 2.30 bits per heavy atom. The standard InChI is InChI=1S/C13H16BrFN4O/c1-3-4-17-12(20)7(2)19-11-6-9(15)8(14)5-10(11)18-13(19)16/h5-7H,3-4H2,1-2H3,(H2,16,18)(H,17,20). The van der Waals surface area contributed by atoms with Gasteiger partial charge in [0.05, 0.1) is 15.5 Å². The zero-order valence-corrected chi connectivity index (χ0v) is 12.9. The van der Waals surface area contributed by atoms with E-state index in [2.05, 4.69) is 26.2 Å². The van der Waals surface area contributed by atoms with E-state index in [1.54, 1.807) is 13.0 Å². The lowest BCUT2D eigenvalue weighted by atomic mass is 10.2. The molecule has 1 aromatic heterocycles. The summed E-state index contributed by atoms with van der Waals surface area (Å²) in [6, 6.07) is 2.33. The smallest absolute Gasteiger partial charge is 0.242 e. The Morgan fingerprint density at radius 3 is 2.95 bits per heavy atom. The van der Waals surface area contributed by atoms with Crippen LogP contribution in [0.3, 0.4) is 0 Å². The van der Waals surface area contributed by atoms with Crippen molar-refractivity contribution >= 4 is 38.8 Å². The van der Waals surface area contributed by atoms with Crippen LogP contribution < -0.4 is 11.1 Å². The highest BCUT2D eigenvalue weighted by Gasteiger charge is 2.21. The Labute approximate surface area is 124 Å². The molecule has 1 amide bonds. The summed E-state index contributed by atoms with van der Waals surface area (Å²) in [5, 5.41) is 2.79. The van der Waals surface area contributed by atoms with Crippen LogP contribution in [0.5, 0.6) is 0 Å². The summed E-state index contributed by atoms with van der Waals surface area (Å²) in [7, 11) is 0. The number of benzene rings is 1. The van der Waals surface area contributed by atoms with Crippen LogP contribution in [-0.2, 0) is 4.79 Å². The van der Waals surface area contributed by atoms with E-state index < -0.39 is 11.9 Å². The quantitative estimate of drug-likeness (QED) is 0.896. The van der Waals surface area contributed by atoms with Gasteiger partial charge >= 0.3 is 0 Å². The molecule has 0 aliphatic rings. The Morgan fingerprint density at radius 1 is 1.60 bits per heavy atom. The molecule has 5 nitrogen and oxygen atoms in total. The first-order valence-corrected chi connectivity index (χ1v) is 7.15. The van der Waals surface area contributed by atoms with E-state index in [9.17, 15) is 9.18 Å². The van der Waals surface area contributed by atoms with Gasteiger partial charge in [0, 0.05) is 12.6 Å². The highest BCUT2D eigenvalue weighted by atomic mass is 79.9. The molecule has 3 N–H and O–H groups in total. The average Bonchev–Trinajstić information content (AvgIpc) is 2.71. The van der Waals surface area contributed by atoms with Crippen LogP contribution in [0.2, 0.25) is 0 Å². The molecule has 1 unspecified atom stereocenters. The molecule has 0 radical (unpaired) electrons. The maximum atomic E-state index is 13.7. The fraction of sp³-hybridized carbons (Fsp3) is 0.385. The number of carbonyl (C=O) groups is 1. The van der Waals surface area contributed by atoms with Gasteiger partial charge in [-0.15, -0.1) is 0 Å². The predicted octanol–water partition coefficient (Wildman–Crippen LogP) is 2.61. The first kappa shape index (κ1) is 14.8. The summed E-state index contributed by atoms with van der Waals surface area (Å²) in [5.74, 6) is -0.391. The Kier molecular flexibility index (Phi) is 4.27. The van der Waals surface area contributed by atoms with E-state index >= 15 is 0 Å². The number of nitrogens with zero attached hydrogens (tertiary/aromatic N) is 2. The number of aromatic nitrogens is 2. The third-order valence-corrected chi connectivity index (χ3v) is 3.68. The molecule has 0 saturated heterocycles. The number of nitrogens with one attached hydrogen (secondary N) is 1. The Bertz CT molecular complexity index is 655.